The van der Waals surface area contributed by atoms with Gasteiger partial charge < -0.3 is 15.3 Å². The maximum atomic E-state index is 11.6. The first-order valence-corrected chi connectivity index (χ1v) is 8.91. The molecule has 24 heavy (non-hydrogen) atoms. The normalized spacial score (nSPS) is 17.4. The van der Waals surface area contributed by atoms with Gasteiger partial charge in [-0.1, -0.05) is 45.0 Å². The van der Waals surface area contributed by atoms with Crippen LogP contribution in [0.1, 0.15) is 58.6 Å². The molecular formula is C20H32N2O2. The lowest BCUT2D eigenvalue weighted by molar-refractivity contribution is -0.128. The molecule has 0 aliphatic carbocycles. The first-order valence-electron chi connectivity index (χ1n) is 8.91. The number of carbonyl (C=O) groups is 1. The van der Waals surface area contributed by atoms with Crippen LogP contribution in [0.3, 0.4) is 0 Å². The number of likely N-dealkylation sites (tertiary alicyclic amines) is 1. The quantitative estimate of drug-likeness (QED) is 0.842. The number of nitrogens with one attached hydrogen (secondary N) is 1. The molecule has 2 rings (SSSR count). The highest BCUT2D eigenvalue weighted by molar-refractivity contribution is 5.78. The molecule has 1 unspecified atom stereocenters. The molecule has 1 aliphatic rings. The maximum Gasteiger partial charge on any atom is 0.222 e. The molecule has 0 radical (unpaired) electrons. The second-order valence-electron chi connectivity index (χ2n) is 8.43. The van der Waals surface area contributed by atoms with Crippen LogP contribution in [-0.4, -0.2) is 41.7 Å². The zero-order valence-electron chi connectivity index (χ0n) is 15.7. The van der Waals surface area contributed by atoms with Gasteiger partial charge in [-0.05, 0) is 36.8 Å². The van der Waals surface area contributed by atoms with Crippen molar-refractivity contribution in [3.05, 3.63) is 35.4 Å². The van der Waals surface area contributed by atoms with Gasteiger partial charge in [-0.15, -0.1) is 0 Å². The Bertz CT molecular complexity index is 558. The number of hydrogen-bond acceptors (Lipinski definition) is 3. The predicted octanol–water partition coefficient (Wildman–Crippen LogP) is 2.79. The molecule has 0 aromatic heterocycles. The number of aliphatic hydroxyl groups excluding tert-OH is 1. The Morgan fingerprint density at radius 1 is 1.12 bits per heavy atom. The number of amides is 1. The summed E-state index contributed by atoms with van der Waals surface area (Å²) < 4.78 is 0. The first kappa shape index (κ1) is 18.9. The van der Waals surface area contributed by atoms with E-state index in [1.165, 1.54) is 11.1 Å². The molecular weight excluding hydrogens is 300 g/mol. The molecule has 1 fully saturated rings. The highest BCUT2D eigenvalue weighted by atomic mass is 16.3. The van der Waals surface area contributed by atoms with Crippen molar-refractivity contribution < 1.29 is 9.90 Å². The molecule has 1 aromatic carbocycles. The van der Waals surface area contributed by atoms with Gasteiger partial charge in [-0.3, -0.25) is 4.79 Å². The van der Waals surface area contributed by atoms with E-state index in [1.54, 1.807) is 4.90 Å². The number of carbonyl (C=O) groups excluding carboxylic acids is 1. The van der Waals surface area contributed by atoms with Crippen LogP contribution in [0.4, 0.5) is 0 Å². The van der Waals surface area contributed by atoms with Gasteiger partial charge in [0, 0.05) is 31.6 Å². The topological polar surface area (TPSA) is 52.6 Å². The van der Waals surface area contributed by atoms with Gasteiger partial charge in [-0.2, -0.15) is 0 Å². The molecule has 134 valence electrons. The minimum absolute atomic E-state index is 0.147. The Labute approximate surface area is 146 Å². The summed E-state index contributed by atoms with van der Waals surface area (Å²) in [6.07, 6.45) is 0.983. The highest BCUT2D eigenvalue weighted by Crippen LogP contribution is 2.26. The number of aliphatic hydroxyl groups is 1. The lowest BCUT2D eigenvalue weighted by atomic mass is 9.84. The SMILES string of the molecule is CC(C)(C)c1ccc(C(C)(C)NCC(O)CN2CCCC2=O)cc1. The third-order valence-electron chi connectivity index (χ3n) is 4.85. The largest absolute Gasteiger partial charge is 0.390 e. The average molecular weight is 332 g/mol. The van der Waals surface area contributed by atoms with E-state index in [2.05, 4.69) is 64.2 Å². The molecule has 1 heterocycles. The van der Waals surface area contributed by atoms with Crippen molar-refractivity contribution in [2.24, 2.45) is 0 Å². The van der Waals surface area contributed by atoms with Gasteiger partial charge in [0.2, 0.25) is 5.91 Å². The van der Waals surface area contributed by atoms with E-state index >= 15 is 0 Å². The standard InChI is InChI=1S/C20H32N2O2/c1-19(2,3)15-8-10-16(11-9-15)20(4,5)21-13-17(23)14-22-12-6-7-18(22)24/h8-11,17,21,23H,6-7,12-14H2,1-5H3. The van der Waals surface area contributed by atoms with Crippen molar-refractivity contribution in [1.82, 2.24) is 10.2 Å². The van der Waals surface area contributed by atoms with Crippen LogP contribution in [-0.2, 0) is 15.7 Å². The summed E-state index contributed by atoms with van der Waals surface area (Å²) in [7, 11) is 0. The number of rotatable bonds is 6. The molecule has 2 N–H and O–H groups in total. The summed E-state index contributed by atoms with van der Waals surface area (Å²) in [4.78, 5) is 13.4. The van der Waals surface area contributed by atoms with E-state index in [1.807, 2.05) is 0 Å². The minimum atomic E-state index is -0.542. The Hall–Kier alpha value is -1.39. The third-order valence-corrected chi connectivity index (χ3v) is 4.85. The molecule has 0 saturated carbocycles. The molecule has 1 amide bonds. The van der Waals surface area contributed by atoms with Crippen LogP contribution in [0.25, 0.3) is 0 Å². The van der Waals surface area contributed by atoms with Gasteiger partial charge >= 0.3 is 0 Å². The summed E-state index contributed by atoms with van der Waals surface area (Å²) in [6.45, 7) is 12.5. The fourth-order valence-electron chi connectivity index (χ4n) is 3.08. The second kappa shape index (κ2) is 7.24. The van der Waals surface area contributed by atoms with E-state index in [4.69, 9.17) is 0 Å². The van der Waals surface area contributed by atoms with Gasteiger partial charge in [0.25, 0.3) is 0 Å². The van der Waals surface area contributed by atoms with Crippen LogP contribution < -0.4 is 5.32 Å². The fraction of sp³-hybridized carbons (Fsp3) is 0.650. The highest BCUT2D eigenvalue weighted by Gasteiger charge is 2.25. The number of β-amino-alcohol motifs (C(OH)–C–C–N with tert-alkyl or cyclic N) is 1. The Kier molecular flexibility index (Phi) is 5.71. The van der Waals surface area contributed by atoms with E-state index < -0.39 is 6.10 Å². The van der Waals surface area contributed by atoms with E-state index in [-0.39, 0.29) is 16.9 Å². The zero-order valence-corrected chi connectivity index (χ0v) is 15.7. The van der Waals surface area contributed by atoms with Crippen molar-refractivity contribution in [3.8, 4) is 0 Å². The molecule has 4 nitrogen and oxygen atoms in total. The lowest BCUT2D eigenvalue weighted by Crippen LogP contribution is -2.45. The zero-order chi connectivity index (χ0) is 18.0. The molecule has 4 heteroatoms. The first-order chi connectivity index (χ1) is 11.1. The van der Waals surface area contributed by atoms with Gasteiger partial charge in [0.1, 0.15) is 0 Å². The second-order valence-corrected chi connectivity index (χ2v) is 8.43. The van der Waals surface area contributed by atoms with E-state index in [0.717, 1.165) is 13.0 Å². The van der Waals surface area contributed by atoms with Crippen molar-refractivity contribution in [2.45, 2.75) is 64.5 Å². The minimum Gasteiger partial charge on any atom is -0.390 e. The van der Waals surface area contributed by atoms with Gasteiger partial charge in [-0.25, -0.2) is 0 Å². The van der Waals surface area contributed by atoms with E-state index in [0.29, 0.717) is 19.5 Å². The molecule has 0 spiro atoms. The van der Waals surface area contributed by atoms with Gasteiger partial charge in [0.05, 0.1) is 6.10 Å². The van der Waals surface area contributed by atoms with Crippen molar-refractivity contribution in [1.29, 1.82) is 0 Å². The van der Waals surface area contributed by atoms with Crippen molar-refractivity contribution in [2.75, 3.05) is 19.6 Å². The van der Waals surface area contributed by atoms with Crippen LogP contribution in [0.15, 0.2) is 24.3 Å². The van der Waals surface area contributed by atoms with Crippen molar-refractivity contribution in [3.63, 3.8) is 0 Å². The summed E-state index contributed by atoms with van der Waals surface area (Å²) in [6, 6.07) is 8.67. The van der Waals surface area contributed by atoms with Crippen LogP contribution in [0, 0.1) is 0 Å². The fourth-order valence-corrected chi connectivity index (χ4v) is 3.08. The molecule has 1 atom stereocenters. The number of benzene rings is 1. The van der Waals surface area contributed by atoms with Crippen LogP contribution >= 0.6 is 0 Å². The summed E-state index contributed by atoms with van der Waals surface area (Å²) in [5, 5.41) is 13.7. The third kappa shape index (κ3) is 4.81. The Morgan fingerprint density at radius 3 is 2.21 bits per heavy atom. The summed E-state index contributed by atoms with van der Waals surface area (Å²) in [5.41, 5.74) is 2.43. The molecule has 1 aromatic rings. The van der Waals surface area contributed by atoms with Gasteiger partial charge in [0.15, 0.2) is 0 Å². The molecule has 1 aliphatic heterocycles. The maximum absolute atomic E-state index is 11.6. The Balaban J connectivity index is 1.91. The van der Waals surface area contributed by atoms with Crippen LogP contribution in [0.2, 0.25) is 0 Å². The van der Waals surface area contributed by atoms with Crippen LogP contribution in [0.5, 0.6) is 0 Å². The predicted molar refractivity (Wildman–Crippen MR) is 98.0 cm³/mol. The monoisotopic (exact) mass is 332 g/mol. The van der Waals surface area contributed by atoms with E-state index in [9.17, 15) is 9.90 Å². The number of hydrogen-bond donors (Lipinski definition) is 2. The summed E-state index contributed by atoms with van der Waals surface area (Å²) in [5.74, 6) is 0.158. The smallest absolute Gasteiger partial charge is 0.222 e. The lowest BCUT2D eigenvalue weighted by Gasteiger charge is -2.30. The molecule has 1 saturated heterocycles. The van der Waals surface area contributed by atoms with Crippen molar-refractivity contribution >= 4 is 5.91 Å². The number of nitrogens with zero attached hydrogens (tertiary/aromatic N) is 1. The Morgan fingerprint density at radius 2 is 1.71 bits per heavy atom. The molecule has 0 bridgehead atoms. The average Bonchev–Trinajstić information content (AvgIpc) is 2.90. The summed E-state index contributed by atoms with van der Waals surface area (Å²) >= 11 is 0.